The van der Waals surface area contributed by atoms with Crippen molar-refractivity contribution in [2.45, 2.75) is 52.0 Å². The number of anilines is 1. The highest BCUT2D eigenvalue weighted by Gasteiger charge is 2.15. The van der Waals surface area contributed by atoms with Crippen LogP contribution in [0.1, 0.15) is 51.8 Å². The Labute approximate surface area is 103 Å². The molecule has 2 atom stereocenters. The van der Waals surface area contributed by atoms with Crippen molar-refractivity contribution >= 4 is 5.95 Å². The van der Waals surface area contributed by atoms with Gasteiger partial charge in [-0.2, -0.15) is 4.98 Å². The van der Waals surface area contributed by atoms with Crippen LogP contribution in [0, 0.1) is 0 Å². The van der Waals surface area contributed by atoms with Gasteiger partial charge < -0.3 is 15.2 Å². The fraction of sp³-hybridized carbons (Fsp3) is 0.833. The van der Waals surface area contributed by atoms with Gasteiger partial charge in [0.05, 0.1) is 0 Å². The maximum Gasteiger partial charge on any atom is 0.265 e. The van der Waals surface area contributed by atoms with Crippen molar-refractivity contribution in [3.63, 3.8) is 0 Å². The third-order valence-electron chi connectivity index (χ3n) is 2.96. The van der Waals surface area contributed by atoms with Crippen LogP contribution in [0.2, 0.25) is 0 Å². The lowest BCUT2D eigenvalue weighted by molar-refractivity contribution is 0.349. The molecule has 0 amide bonds. The Morgan fingerprint density at radius 2 is 2.06 bits per heavy atom. The summed E-state index contributed by atoms with van der Waals surface area (Å²) >= 11 is 0. The molecule has 2 N–H and O–H groups in total. The highest BCUT2D eigenvalue weighted by molar-refractivity contribution is 5.25. The average molecular weight is 240 g/mol. The molecule has 0 saturated carbocycles. The van der Waals surface area contributed by atoms with Crippen LogP contribution in [-0.2, 0) is 0 Å². The zero-order valence-corrected chi connectivity index (χ0v) is 11.3. The van der Waals surface area contributed by atoms with Crippen LogP contribution in [0.5, 0.6) is 0 Å². The second-order valence-corrected chi connectivity index (χ2v) is 4.76. The van der Waals surface area contributed by atoms with E-state index in [1.54, 1.807) is 0 Å². The van der Waals surface area contributed by atoms with Gasteiger partial charge in [0.1, 0.15) is 0 Å². The maximum atomic E-state index is 5.72. The van der Waals surface area contributed by atoms with E-state index < -0.39 is 0 Å². The SMILES string of the molecule is CCN(C)c1noc(C(C)CCCC(C)N)n1. The second kappa shape index (κ2) is 6.59. The Hall–Kier alpha value is -1.10. The summed E-state index contributed by atoms with van der Waals surface area (Å²) in [5, 5.41) is 3.97. The van der Waals surface area contributed by atoms with Crippen LogP contribution in [0.3, 0.4) is 0 Å². The van der Waals surface area contributed by atoms with Crippen molar-refractivity contribution in [2.75, 3.05) is 18.5 Å². The van der Waals surface area contributed by atoms with Gasteiger partial charge in [-0.05, 0) is 31.8 Å². The minimum atomic E-state index is 0.270. The first-order valence-corrected chi connectivity index (χ1v) is 6.34. The molecule has 0 spiro atoms. The van der Waals surface area contributed by atoms with E-state index in [9.17, 15) is 0 Å². The van der Waals surface area contributed by atoms with Crippen LogP contribution in [-0.4, -0.2) is 29.8 Å². The van der Waals surface area contributed by atoms with Crippen LogP contribution in [0.4, 0.5) is 5.95 Å². The van der Waals surface area contributed by atoms with Gasteiger partial charge in [0.25, 0.3) is 5.95 Å². The normalized spacial score (nSPS) is 14.6. The summed E-state index contributed by atoms with van der Waals surface area (Å²) in [5.74, 6) is 1.70. The zero-order valence-electron chi connectivity index (χ0n) is 11.3. The summed E-state index contributed by atoms with van der Waals surface area (Å²) in [7, 11) is 1.95. The van der Waals surface area contributed by atoms with Crippen molar-refractivity contribution in [3.05, 3.63) is 5.89 Å². The third kappa shape index (κ3) is 4.34. The lowest BCUT2D eigenvalue weighted by atomic mass is 10.0. The number of rotatable bonds is 7. The molecule has 17 heavy (non-hydrogen) atoms. The maximum absolute atomic E-state index is 5.72. The Balaban J connectivity index is 2.46. The third-order valence-corrected chi connectivity index (χ3v) is 2.96. The minimum Gasteiger partial charge on any atom is -0.342 e. The molecule has 0 fully saturated rings. The smallest absolute Gasteiger partial charge is 0.265 e. The van der Waals surface area contributed by atoms with E-state index in [1.807, 2.05) is 18.9 Å². The van der Waals surface area contributed by atoms with E-state index in [-0.39, 0.29) is 6.04 Å². The number of hydrogen-bond acceptors (Lipinski definition) is 5. The molecule has 0 aliphatic carbocycles. The topological polar surface area (TPSA) is 68.2 Å². The highest BCUT2D eigenvalue weighted by Crippen LogP contribution is 2.21. The molecule has 98 valence electrons. The van der Waals surface area contributed by atoms with Crippen LogP contribution < -0.4 is 10.6 Å². The average Bonchev–Trinajstić information content (AvgIpc) is 2.76. The van der Waals surface area contributed by atoms with Gasteiger partial charge in [-0.1, -0.05) is 13.3 Å². The van der Waals surface area contributed by atoms with Crippen molar-refractivity contribution in [2.24, 2.45) is 5.73 Å². The molecule has 0 radical (unpaired) electrons. The number of nitrogens with zero attached hydrogens (tertiary/aromatic N) is 3. The van der Waals surface area contributed by atoms with Gasteiger partial charge in [0, 0.05) is 25.6 Å². The number of aromatic nitrogens is 2. The molecule has 0 aromatic carbocycles. The predicted octanol–water partition coefficient (Wildman–Crippen LogP) is 2.15. The summed E-state index contributed by atoms with van der Waals surface area (Å²) in [4.78, 5) is 6.36. The quantitative estimate of drug-likeness (QED) is 0.791. The first-order chi connectivity index (χ1) is 8.04. The summed E-state index contributed by atoms with van der Waals surface area (Å²) in [6.45, 7) is 7.08. The molecule has 1 heterocycles. The number of hydrogen-bond donors (Lipinski definition) is 1. The van der Waals surface area contributed by atoms with Gasteiger partial charge in [-0.25, -0.2) is 0 Å². The van der Waals surface area contributed by atoms with Gasteiger partial charge in [-0.15, -0.1) is 0 Å². The summed E-state index contributed by atoms with van der Waals surface area (Å²) in [5.41, 5.74) is 5.72. The Morgan fingerprint density at radius 1 is 1.35 bits per heavy atom. The fourth-order valence-corrected chi connectivity index (χ4v) is 1.59. The van der Waals surface area contributed by atoms with E-state index >= 15 is 0 Å². The summed E-state index contributed by atoms with van der Waals surface area (Å²) < 4.78 is 5.27. The van der Waals surface area contributed by atoms with Crippen molar-refractivity contribution in [1.82, 2.24) is 10.1 Å². The molecule has 5 heteroatoms. The predicted molar refractivity (Wildman–Crippen MR) is 69.2 cm³/mol. The van der Waals surface area contributed by atoms with Crippen LogP contribution in [0.15, 0.2) is 4.52 Å². The minimum absolute atomic E-state index is 0.270. The van der Waals surface area contributed by atoms with E-state index in [0.29, 0.717) is 11.9 Å². The molecular formula is C12H24N4O. The summed E-state index contributed by atoms with van der Waals surface area (Å²) in [6.07, 6.45) is 3.18. The van der Waals surface area contributed by atoms with Crippen molar-refractivity contribution < 1.29 is 4.52 Å². The largest absolute Gasteiger partial charge is 0.342 e. The van der Waals surface area contributed by atoms with Gasteiger partial charge in [0.15, 0.2) is 0 Å². The van der Waals surface area contributed by atoms with Crippen molar-refractivity contribution in [1.29, 1.82) is 0 Å². The molecule has 0 saturated heterocycles. The molecule has 0 aliphatic heterocycles. The van der Waals surface area contributed by atoms with E-state index in [1.165, 1.54) is 0 Å². The standard InChI is InChI=1S/C12H24N4O/c1-5-16(4)12-14-11(17-15-12)9(2)7-6-8-10(3)13/h9-10H,5-8,13H2,1-4H3. The molecule has 1 rings (SSSR count). The lowest BCUT2D eigenvalue weighted by Gasteiger charge is -2.09. The van der Waals surface area contributed by atoms with Gasteiger partial charge in [-0.3, -0.25) is 0 Å². The van der Waals surface area contributed by atoms with Crippen LogP contribution in [0.25, 0.3) is 0 Å². The molecule has 5 nitrogen and oxygen atoms in total. The second-order valence-electron chi connectivity index (χ2n) is 4.76. The molecule has 0 bridgehead atoms. The fourth-order valence-electron chi connectivity index (χ4n) is 1.59. The molecule has 2 unspecified atom stereocenters. The zero-order chi connectivity index (χ0) is 12.8. The molecule has 0 aliphatic rings. The van der Waals surface area contributed by atoms with Gasteiger partial charge in [0.2, 0.25) is 5.89 Å². The van der Waals surface area contributed by atoms with Crippen molar-refractivity contribution in [3.8, 4) is 0 Å². The Morgan fingerprint density at radius 3 is 2.65 bits per heavy atom. The Bertz CT molecular complexity index is 324. The summed E-state index contributed by atoms with van der Waals surface area (Å²) in [6, 6.07) is 0.270. The van der Waals surface area contributed by atoms with Gasteiger partial charge >= 0.3 is 0 Å². The molecule has 1 aromatic rings. The van der Waals surface area contributed by atoms with E-state index in [2.05, 4.69) is 24.0 Å². The first-order valence-electron chi connectivity index (χ1n) is 6.34. The van der Waals surface area contributed by atoms with E-state index in [0.717, 1.165) is 31.7 Å². The molecule has 1 aromatic heterocycles. The Kier molecular flexibility index (Phi) is 5.41. The monoisotopic (exact) mass is 240 g/mol. The lowest BCUT2D eigenvalue weighted by Crippen LogP contribution is -2.17. The highest BCUT2D eigenvalue weighted by atomic mass is 16.5. The van der Waals surface area contributed by atoms with Crippen LogP contribution >= 0.6 is 0 Å². The van der Waals surface area contributed by atoms with E-state index in [4.69, 9.17) is 10.3 Å². The number of nitrogens with two attached hydrogens (primary N) is 1. The molecular weight excluding hydrogens is 216 g/mol. The first kappa shape index (κ1) is 14.0.